The lowest BCUT2D eigenvalue weighted by atomic mass is 9.83. The molecule has 84 valence electrons. The van der Waals surface area contributed by atoms with Crippen molar-refractivity contribution >= 4 is 5.78 Å². The molecular formula is C14H22O. The highest BCUT2D eigenvalue weighted by molar-refractivity contribution is 5.98. The van der Waals surface area contributed by atoms with E-state index in [0.29, 0.717) is 23.5 Å². The largest absolute Gasteiger partial charge is 0.294 e. The maximum absolute atomic E-state index is 11.8. The van der Waals surface area contributed by atoms with E-state index in [1.54, 1.807) is 0 Å². The Hall–Kier alpha value is -0.850. The fourth-order valence-corrected chi connectivity index (χ4v) is 2.22. The number of hydrogen-bond acceptors (Lipinski definition) is 1. The molecule has 0 saturated carbocycles. The number of allylic oxidation sites excluding steroid dienone is 4. The van der Waals surface area contributed by atoms with Crippen LogP contribution in [0.5, 0.6) is 0 Å². The fraction of sp³-hybridized carbons (Fsp3) is 0.643. The molecule has 1 atom stereocenters. The van der Waals surface area contributed by atoms with Crippen molar-refractivity contribution in [3.63, 3.8) is 0 Å². The lowest BCUT2D eigenvalue weighted by Gasteiger charge is -2.22. The Morgan fingerprint density at radius 3 is 2.60 bits per heavy atom. The van der Waals surface area contributed by atoms with Gasteiger partial charge in [-0.05, 0) is 24.2 Å². The summed E-state index contributed by atoms with van der Waals surface area (Å²) in [7, 11) is 0. The molecule has 0 aromatic rings. The smallest absolute Gasteiger partial charge is 0.162 e. The lowest BCUT2D eigenvalue weighted by molar-refractivity contribution is -0.116. The van der Waals surface area contributed by atoms with E-state index >= 15 is 0 Å². The molecule has 1 unspecified atom stereocenters. The number of hydrogen-bond donors (Lipinski definition) is 0. The second kappa shape index (κ2) is 4.78. The first-order chi connectivity index (χ1) is 6.88. The van der Waals surface area contributed by atoms with Gasteiger partial charge in [0.05, 0.1) is 0 Å². The van der Waals surface area contributed by atoms with Gasteiger partial charge in [-0.2, -0.15) is 0 Å². The van der Waals surface area contributed by atoms with Gasteiger partial charge < -0.3 is 0 Å². The van der Waals surface area contributed by atoms with Crippen molar-refractivity contribution < 1.29 is 4.79 Å². The van der Waals surface area contributed by atoms with Crippen molar-refractivity contribution in [3.8, 4) is 0 Å². The average Bonchev–Trinajstić information content (AvgIpc) is 2.50. The molecule has 0 aliphatic heterocycles. The van der Waals surface area contributed by atoms with Gasteiger partial charge >= 0.3 is 0 Å². The summed E-state index contributed by atoms with van der Waals surface area (Å²) in [4.78, 5) is 11.8. The SMILES string of the molecule is CC(CC(=O)C1=CCC=C1)CC(C)(C)C. The zero-order chi connectivity index (χ0) is 11.5. The molecule has 0 fully saturated rings. The molecule has 15 heavy (non-hydrogen) atoms. The van der Waals surface area contributed by atoms with E-state index in [0.717, 1.165) is 18.4 Å². The Labute approximate surface area is 93.3 Å². The summed E-state index contributed by atoms with van der Waals surface area (Å²) in [6.45, 7) is 8.84. The second-order valence-corrected chi connectivity index (χ2v) is 5.79. The number of carbonyl (C=O) groups excluding carboxylic acids is 1. The number of rotatable bonds is 4. The Kier molecular flexibility index (Phi) is 3.90. The molecule has 1 aliphatic rings. The Morgan fingerprint density at radius 2 is 2.13 bits per heavy atom. The van der Waals surface area contributed by atoms with Gasteiger partial charge in [0.2, 0.25) is 0 Å². The van der Waals surface area contributed by atoms with E-state index in [9.17, 15) is 4.79 Å². The highest BCUT2D eigenvalue weighted by atomic mass is 16.1. The maximum atomic E-state index is 11.8. The van der Waals surface area contributed by atoms with Crippen LogP contribution in [0.15, 0.2) is 23.8 Å². The van der Waals surface area contributed by atoms with Crippen LogP contribution >= 0.6 is 0 Å². The molecule has 0 aromatic heterocycles. The molecule has 0 radical (unpaired) electrons. The monoisotopic (exact) mass is 206 g/mol. The van der Waals surface area contributed by atoms with Crippen LogP contribution < -0.4 is 0 Å². The Bertz CT molecular complexity index is 289. The predicted molar refractivity (Wildman–Crippen MR) is 64.7 cm³/mol. The van der Waals surface area contributed by atoms with Gasteiger partial charge in [-0.25, -0.2) is 0 Å². The lowest BCUT2D eigenvalue weighted by Crippen LogP contribution is -2.14. The third kappa shape index (κ3) is 4.46. The zero-order valence-electron chi connectivity index (χ0n) is 10.3. The fourth-order valence-electron chi connectivity index (χ4n) is 2.22. The van der Waals surface area contributed by atoms with E-state index in [1.165, 1.54) is 0 Å². The molecule has 0 amide bonds. The molecule has 0 spiro atoms. The van der Waals surface area contributed by atoms with Crippen molar-refractivity contribution in [3.05, 3.63) is 23.8 Å². The molecular weight excluding hydrogens is 184 g/mol. The van der Waals surface area contributed by atoms with Gasteiger partial charge in [-0.3, -0.25) is 4.79 Å². The Balaban J connectivity index is 2.41. The van der Waals surface area contributed by atoms with Crippen molar-refractivity contribution in [2.24, 2.45) is 11.3 Å². The normalized spacial score (nSPS) is 17.7. The van der Waals surface area contributed by atoms with Gasteiger partial charge in [0.1, 0.15) is 0 Å². The summed E-state index contributed by atoms with van der Waals surface area (Å²) in [6, 6.07) is 0. The first-order valence-electron chi connectivity index (χ1n) is 5.78. The summed E-state index contributed by atoms with van der Waals surface area (Å²) < 4.78 is 0. The highest BCUT2D eigenvalue weighted by Gasteiger charge is 2.19. The molecule has 1 rings (SSSR count). The van der Waals surface area contributed by atoms with E-state index < -0.39 is 0 Å². The van der Waals surface area contributed by atoms with E-state index in [2.05, 4.69) is 27.7 Å². The predicted octanol–water partition coefficient (Wildman–Crippen LogP) is 3.90. The molecule has 0 N–H and O–H groups in total. The topological polar surface area (TPSA) is 17.1 Å². The van der Waals surface area contributed by atoms with Gasteiger partial charge in [0.15, 0.2) is 5.78 Å². The molecule has 0 aromatic carbocycles. The first kappa shape index (κ1) is 12.2. The van der Waals surface area contributed by atoms with Crippen molar-refractivity contribution in [2.75, 3.05) is 0 Å². The van der Waals surface area contributed by atoms with Crippen LogP contribution in [0, 0.1) is 11.3 Å². The van der Waals surface area contributed by atoms with Gasteiger partial charge in [0, 0.05) is 12.0 Å². The van der Waals surface area contributed by atoms with Gasteiger partial charge in [0.25, 0.3) is 0 Å². The summed E-state index contributed by atoms with van der Waals surface area (Å²) >= 11 is 0. The summed E-state index contributed by atoms with van der Waals surface area (Å²) in [5.74, 6) is 0.785. The zero-order valence-corrected chi connectivity index (χ0v) is 10.3. The van der Waals surface area contributed by atoms with Crippen LogP contribution in [0.2, 0.25) is 0 Å². The average molecular weight is 206 g/mol. The molecule has 1 nitrogen and oxygen atoms in total. The molecule has 1 aliphatic carbocycles. The third-order valence-electron chi connectivity index (χ3n) is 2.59. The minimum Gasteiger partial charge on any atom is -0.294 e. The van der Waals surface area contributed by atoms with Crippen molar-refractivity contribution in [1.82, 2.24) is 0 Å². The quantitative estimate of drug-likeness (QED) is 0.681. The minimum atomic E-state index is 0.306. The maximum Gasteiger partial charge on any atom is 0.162 e. The number of ketones is 1. The molecule has 0 saturated heterocycles. The van der Waals surface area contributed by atoms with Crippen molar-refractivity contribution in [1.29, 1.82) is 0 Å². The summed E-state index contributed by atoms with van der Waals surface area (Å²) in [5.41, 5.74) is 1.23. The van der Waals surface area contributed by atoms with E-state index in [1.807, 2.05) is 18.2 Å². The van der Waals surface area contributed by atoms with Crippen LogP contribution in [0.25, 0.3) is 0 Å². The van der Waals surface area contributed by atoms with Crippen LogP contribution in [-0.2, 0) is 4.79 Å². The molecule has 0 bridgehead atoms. The molecule has 0 heterocycles. The first-order valence-corrected chi connectivity index (χ1v) is 5.78. The standard InChI is InChI=1S/C14H22O/c1-11(10-14(2,3)4)9-13(15)12-7-5-6-8-12/h5,7-8,11H,6,9-10H2,1-4H3. The minimum absolute atomic E-state index is 0.306. The Morgan fingerprint density at radius 1 is 1.47 bits per heavy atom. The molecule has 1 heteroatoms. The van der Waals surface area contributed by atoms with Crippen LogP contribution in [-0.4, -0.2) is 5.78 Å². The van der Waals surface area contributed by atoms with Crippen LogP contribution in [0.4, 0.5) is 0 Å². The highest BCUT2D eigenvalue weighted by Crippen LogP contribution is 2.27. The van der Waals surface area contributed by atoms with Crippen LogP contribution in [0.3, 0.4) is 0 Å². The summed E-state index contributed by atoms with van der Waals surface area (Å²) in [5, 5.41) is 0. The van der Waals surface area contributed by atoms with Gasteiger partial charge in [-0.15, -0.1) is 0 Å². The van der Waals surface area contributed by atoms with E-state index in [-0.39, 0.29) is 0 Å². The third-order valence-corrected chi connectivity index (χ3v) is 2.59. The van der Waals surface area contributed by atoms with Crippen LogP contribution in [0.1, 0.15) is 47.0 Å². The second-order valence-electron chi connectivity index (χ2n) is 5.79. The number of Topliss-reactive ketones (excluding diaryl/α,β-unsaturated/α-hetero) is 1. The number of carbonyl (C=O) groups is 1. The van der Waals surface area contributed by atoms with Gasteiger partial charge in [-0.1, -0.05) is 45.9 Å². The van der Waals surface area contributed by atoms with E-state index in [4.69, 9.17) is 0 Å². The van der Waals surface area contributed by atoms with Crippen molar-refractivity contribution in [2.45, 2.75) is 47.0 Å². The summed E-state index contributed by atoms with van der Waals surface area (Å²) in [6.07, 6.45) is 8.73.